The number of hydrogen-bond donors (Lipinski definition) is 0. The second-order valence-electron chi connectivity index (χ2n) is 5.07. The van der Waals surface area contributed by atoms with Gasteiger partial charge in [0, 0.05) is 27.2 Å². The first kappa shape index (κ1) is 18.4. The Kier molecular flexibility index (Phi) is 6.37. The van der Waals surface area contributed by atoms with Gasteiger partial charge in [0.1, 0.15) is 5.75 Å². The van der Waals surface area contributed by atoms with Gasteiger partial charge in [-0.3, -0.25) is 4.79 Å². The number of ether oxygens (including phenoxy) is 1. The Morgan fingerprint density at radius 2 is 1.77 bits per heavy atom. The fraction of sp³-hybridized carbons (Fsp3) is 0.533. The standard InChI is InChI=1S/C15H24N2O4S/c1-6-17(7-2)15(18)11-21-14-9-8-13(10-12(14)3)22(19,20)16(4)5/h8-10H,6-7,11H2,1-5H3. The Bertz CT molecular complexity index is 622. The molecule has 0 spiro atoms. The number of sulfonamides is 1. The number of rotatable bonds is 7. The Morgan fingerprint density at radius 1 is 1.18 bits per heavy atom. The van der Waals surface area contributed by atoms with Gasteiger partial charge in [-0.15, -0.1) is 0 Å². The van der Waals surface area contributed by atoms with Gasteiger partial charge in [0.15, 0.2) is 6.61 Å². The van der Waals surface area contributed by atoms with Gasteiger partial charge in [0.2, 0.25) is 10.0 Å². The van der Waals surface area contributed by atoms with Gasteiger partial charge in [-0.05, 0) is 44.5 Å². The average molecular weight is 328 g/mol. The van der Waals surface area contributed by atoms with Crippen LogP contribution >= 0.6 is 0 Å². The number of carbonyl (C=O) groups is 1. The van der Waals surface area contributed by atoms with Crippen molar-refractivity contribution in [3.63, 3.8) is 0 Å². The van der Waals surface area contributed by atoms with Crippen LogP contribution in [0.25, 0.3) is 0 Å². The van der Waals surface area contributed by atoms with Gasteiger partial charge >= 0.3 is 0 Å². The molecule has 0 aliphatic carbocycles. The molecule has 0 saturated heterocycles. The third kappa shape index (κ3) is 4.20. The van der Waals surface area contributed by atoms with Crippen LogP contribution in [0.3, 0.4) is 0 Å². The quantitative estimate of drug-likeness (QED) is 0.760. The van der Waals surface area contributed by atoms with Crippen LogP contribution in [-0.4, -0.2) is 57.3 Å². The summed E-state index contributed by atoms with van der Waals surface area (Å²) in [4.78, 5) is 13.8. The van der Waals surface area contributed by atoms with Gasteiger partial charge < -0.3 is 9.64 Å². The molecule has 1 rings (SSSR count). The lowest BCUT2D eigenvalue weighted by atomic mass is 10.2. The number of nitrogens with zero attached hydrogens (tertiary/aromatic N) is 2. The molecule has 1 amide bonds. The van der Waals surface area contributed by atoms with Gasteiger partial charge in [-0.2, -0.15) is 0 Å². The molecule has 0 radical (unpaired) electrons. The summed E-state index contributed by atoms with van der Waals surface area (Å²) in [6, 6.07) is 4.62. The molecule has 0 aromatic heterocycles. The molecule has 124 valence electrons. The van der Waals surface area contributed by atoms with Crippen molar-refractivity contribution in [1.29, 1.82) is 0 Å². The van der Waals surface area contributed by atoms with Crippen molar-refractivity contribution in [2.24, 2.45) is 0 Å². The number of amides is 1. The summed E-state index contributed by atoms with van der Waals surface area (Å²) in [5, 5.41) is 0. The zero-order valence-corrected chi connectivity index (χ0v) is 14.6. The van der Waals surface area contributed by atoms with Crippen LogP contribution in [0.1, 0.15) is 19.4 Å². The van der Waals surface area contributed by atoms with Gasteiger partial charge in [-0.25, -0.2) is 12.7 Å². The van der Waals surface area contributed by atoms with E-state index in [1.165, 1.54) is 20.2 Å². The Morgan fingerprint density at radius 3 is 2.23 bits per heavy atom. The van der Waals surface area contributed by atoms with E-state index in [1.54, 1.807) is 24.0 Å². The van der Waals surface area contributed by atoms with E-state index in [4.69, 9.17) is 4.74 Å². The smallest absolute Gasteiger partial charge is 0.260 e. The first-order valence-corrected chi connectivity index (χ1v) is 8.61. The molecular formula is C15H24N2O4S. The molecule has 0 aliphatic rings. The van der Waals surface area contributed by atoms with Crippen molar-refractivity contribution in [3.8, 4) is 5.75 Å². The molecule has 0 unspecified atom stereocenters. The van der Waals surface area contributed by atoms with Crippen LogP contribution < -0.4 is 4.74 Å². The number of benzene rings is 1. The number of carbonyl (C=O) groups excluding carboxylic acids is 1. The number of hydrogen-bond acceptors (Lipinski definition) is 4. The molecule has 1 aromatic rings. The minimum absolute atomic E-state index is 0.0533. The Labute approximate surface area is 132 Å². The summed E-state index contributed by atoms with van der Waals surface area (Å²) >= 11 is 0. The molecular weight excluding hydrogens is 304 g/mol. The SMILES string of the molecule is CCN(CC)C(=O)COc1ccc(S(=O)(=O)N(C)C)cc1C. The van der Waals surface area contributed by atoms with E-state index in [9.17, 15) is 13.2 Å². The maximum Gasteiger partial charge on any atom is 0.260 e. The molecule has 6 nitrogen and oxygen atoms in total. The third-order valence-electron chi connectivity index (χ3n) is 3.39. The van der Waals surface area contributed by atoms with Gasteiger partial charge in [0.25, 0.3) is 5.91 Å². The molecule has 22 heavy (non-hydrogen) atoms. The normalized spacial score (nSPS) is 11.5. The summed E-state index contributed by atoms with van der Waals surface area (Å²) in [6.45, 7) is 6.80. The summed E-state index contributed by atoms with van der Waals surface area (Å²) in [5.41, 5.74) is 0.676. The van der Waals surface area contributed by atoms with Crippen molar-refractivity contribution in [3.05, 3.63) is 23.8 Å². The second kappa shape index (κ2) is 7.60. The van der Waals surface area contributed by atoms with E-state index in [2.05, 4.69) is 0 Å². The molecule has 0 atom stereocenters. The Hall–Kier alpha value is -1.60. The highest BCUT2D eigenvalue weighted by atomic mass is 32.2. The molecule has 0 bridgehead atoms. The van der Waals surface area contributed by atoms with E-state index in [1.807, 2.05) is 13.8 Å². The highest BCUT2D eigenvalue weighted by Gasteiger charge is 2.18. The van der Waals surface area contributed by atoms with E-state index in [-0.39, 0.29) is 17.4 Å². The second-order valence-corrected chi connectivity index (χ2v) is 7.22. The van der Waals surface area contributed by atoms with Crippen LogP contribution in [-0.2, 0) is 14.8 Å². The van der Waals surface area contributed by atoms with Crippen LogP contribution in [0.15, 0.2) is 23.1 Å². The lowest BCUT2D eigenvalue weighted by molar-refractivity contribution is -0.132. The third-order valence-corrected chi connectivity index (χ3v) is 5.20. The zero-order chi connectivity index (χ0) is 16.9. The fourth-order valence-corrected chi connectivity index (χ4v) is 2.95. The summed E-state index contributed by atoms with van der Waals surface area (Å²) in [7, 11) is -0.498. The first-order chi connectivity index (χ1) is 10.2. The lowest BCUT2D eigenvalue weighted by Crippen LogP contribution is -2.34. The van der Waals surface area contributed by atoms with Crippen molar-refractivity contribution < 1.29 is 17.9 Å². The molecule has 7 heteroatoms. The predicted octanol–water partition coefficient (Wildman–Crippen LogP) is 1.49. The fourth-order valence-electron chi connectivity index (χ4n) is 1.96. The van der Waals surface area contributed by atoms with E-state index in [0.29, 0.717) is 24.4 Å². The number of aryl methyl sites for hydroxylation is 1. The zero-order valence-electron chi connectivity index (χ0n) is 13.8. The van der Waals surface area contributed by atoms with E-state index < -0.39 is 10.0 Å². The molecule has 0 N–H and O–H groups in total. The summed E-state index contributed by atoms with van der Waals surface area (Å²) < 4.78 is 30.8. The van der Waals surface area contributed by atoms with Crippen molar-refractivity contribution in [2.45, 2.75) is 25.7 Å². The molecule has 0 fully saturated rings. The molecule has 0 saturated carbocycles. The van der Waals surface area contributed by atoms with Crippen molar-refractivity contribution in [1.82, 2.24) is 9.21 Å². The monoisotopic (exact) mass is 328 g/mol. The van der Waals surface area contributed by atoms with Gasteiger partial charge in [-0.1, -0.05) is 0 Å². The van der Waals surface area contributed by atoms with Crippen LogP contribution in [0.2, 0.25) is 0 Å². The maximum absolute atomic E-state index is 12.1. The summed E-state index contributed by atoms with van der Waals surface area (Å²) in [6.07, 6.45) is 0. The lowest BCUT2D eigenvalue weighted by Gasteiger charge is -2.19. The van der Waals surface area contributed by atoms with Crippen molar-refractivity contribution >= 4 is 15.9 Å². The van der Waals surface area contributed by atoms with Crippen LogP contribution in [0.4, 0.5) is 0 Å². The number of likely N-dealkylation sites (N-methyl/N-ethyl adjacent to an activating group) is 1. The molecule has 1 aromatic carbocycles. The highest BCUT2D eigenvalue weighted by Crippen LogP contribution is 2.23. The Balaban J connectivity index is 2.86. The minimum Gasteiger partial charge on any atom is -0.483 e. The largest absolute Gasteiger partial charge is 0.483 e. The predicted molar refractivity (Wildman–Crippen MR) is 85.5 cm³/mol. The maximum atomic E-state index is 12.1. The van der Waals surface area contributed by atoms with Crippen LogP contribution in [0.5, 0.6) is 5.75 Å². The first-order valence-electron chi connectivity index (χ1n) is 7.17. The molecule has 0 aliphatic heterocycles. The topological polar surface area (TPSA) is 66.9 Å². The van der Waals surface area contributed by atoms with Gasteiger partial charge in [0.05, 0.1) is 4.90 Å². The molecule has 0 heterocycles. The van der Waals surface area contributed by atoms with E-state index in [0.717, 1.165) is 4.31 Å². The van der Waals surface area contributed by atoms with Crippen LogP contribution in [0, 0.1) is 6.92 Å². The van der Waals surface area contributed by atoms with Crippen molar-refractivity contribution in [2.75, 3.05) is 33.8 Å². The minimum atomic E-state index is -3.47. The van der Waals surface area contributed by atoms with E-state index >= 15 is 0 Å². The summed E-state index contributed by atoms with van der Waals surface area (Å²) in [5.74, 6) is 0.424. The average Bonchev–Trinajstić information content (AvgIpc) is 2.46. The highest BCUT2D eigenvalue weighted by molar-refractivity contribution is 7.89.